The number of carboxylic acid groups (broad SMARTS) is 1. The van der Waals surface area contributed by atoms with Crippen LogP contribution in [0.5, 0.6) is 0 Å². The largest absolute Gasteiger partial charge is 0.477 e. The van der Waals surface area contributed by atoms with E-state index in [4.69, 9.17) is 27.2 Å². The Morgan fingerprint density at radius 1 is 0.700 bits per heavy atom. The molecule has 0 aliphatic carbocycles. The zero-order valence-corrected chi connectivity index (χ0v) is 39.3. The van der Waals surface area contributed by atoms with Gasteiger partial charge < -0.3 is 36.3 Å². The summed E-state index contributed by atoms with van der Waals surface area (Å²) in [5, 5.41) is 18.4. The molecule has 0 aliphatic heterocycles. The summed E-state index contributed by atoms with van der Waals surface area (Å²) in [7, 11) is 0. The average molecular weight is 904 g/mol. The number of esters is 2. The smallest absolute Gasteiger partial charge is 0.350 e. The molecule has 13 nitrogen and oxygen atoms in total. The maximum Gasteiger partial charge on any atom is 0.350 e. The number of nitrogens with one attached hydrogen (secondary N) is 3. The summed E-state index contributed by atoms with van der Waals surface area (Å²) in [6, 6.07) is 28.8. The lowest BCUT2D eigenvalue weighted by Crippen LogP contribution is -2.24. The van der Waals surface area contributed by atoms with E-state index in [1.807, 2.05) is 133 Å². The normalized spacial score (nSPS) is 9.53. The lowest BCUT2D eigenvalue weighted by molar-refractivity contribution is -0.144. The van der Waals surface area contributed by atoms with Crippen molar-refractivity contribution >= 4 is 103 Å². The van der Waals surface area contributed by atoms with Crippen molar-refractivity contribution in [2.45, 2.75) is 81.5 Å². The van der Waals surface area contributed by atoms with E-state index in [2.05, 4.69) is 42.9 Å². The van der Waals surface area contributed by atoms with E-state index >= 15 is 0 Å². The van der Waals surface area contributed by atoms with Crippen LogP contribution in [0.25, 0.3) is 0 Å². The van der Waals surface area contributed by atoms with E-state index in [1.54, 1.807) is 27.7 Å². The van der Waals surface area contributed by atoms with Crippen molar-refractivity contribution in [3.63, 3.8) is 0 Å². The molecule has 0 bridgehead atoms. The molecule has 0 radical (unpaired) electrons. The molecule has 0 saturated heterocycles. The number of halogens is 1. The monoisotopic (exact) mass is 902 g/mol. The van der Waals surface area contributed by atoms with Crippen LogP contribution in [-0.4, -0.2) is 62.5 Å². The summed E-state index contributed by atoms with van der Waals surface area (Å²) in [5.74, 6) is -2.30. The van der Waals surface area contributed by atoms with Crippen molar-refractivity contribution in [3.05, 3.63) is 112 Å². The van der Waals surface area contributed by atoms with Crippen LogP contribution >= 0.6 is 46.5 Å². The van der Waals surface area contributed by atoms with Gasteiger partial charge >= 0.3 is 17.9 Å². The van der Waals surface area contributed by atoms with Crippen molar-refractivity contribution in [1.82, 2.24) is 9.97 Å². The summed E-state index contributed by atoms with van der Waals surface area (Å²) in [6.45, 7) is 20.8. The van der Waals surface area contributed by atoms with Crippen LogP contribution in [0.3, 0.4) is 0 Å². The topological polar surface area (TPSA) is 195 Å². The fourth-order valence-electron chi connectivity index (χ4n) is 3.82. The van der Waals surface area contributed by atoms with Crippen LogP contribution in [0, 0.1) is 13.8 Å². The number of ether oxygens (including phenoxy) is 2. The molecule has 328 valence electrons. The first kappa shape index (κ1) is 56.7. The third-order valence-corrected chi connectivity index (χ3v) is 8.89. The van der Waals surface area contributed by atoms with Gasteiger partial charge in [0.05, 0.1) is 24.6 Å². The third kappa shape index (κ3) is 23.9. The zero-order chi connectivity index (χ0) is 46.0. The number of benzene rings is 3. The summed E-state index contributed by atoms with van der Waals surface area (Å²) < 4.78 is 9.45. The van der Waals surface area contributed by atoms with Crippen LogP contribution < -0.4 is 21.7 Å². The molecule has 0 amide bonds. The van der Waals surface area contributed by atoms with Gasteiger partial charge in [0.1, 0.15) is 9.75 Å². The molecular formula is C43H59ClN6O7S3. The number of aromatic carboxylic acids is 1. The third-order valence-electron chi connectivity index (χ3n) is 6.19. The van der Waals surface area contributed by atoms with E-state index in [0.717, 1.165) is 28.4 Å². The first-order valence-corrected chi connectivity index (χ1v) is 21.6. The maximum absolute atomic E-state index is 11.7. The standard InChI is InChI=1S/C13H14N2O2S.C11H10N2O2S.C7H8N2S.C6H9ClO3.3C2H6/c1-3-17-12(16)11-9(2)14-13(18-11)15-10-7-5-4-6-8-10;1-7-9(10(14)15)16-11(12-7)13-8-5-3-2-4-6-8;8-7(10)9-6-4-2-1-3-5-6;1-3-10-6(9)5(7)4(2)8;3*1-2/h4-8H,3H2,1-2H3,(H,14,15);2-6H,1H3,(H,12,13)(H,14,15);1-5H,(H3,8,9,10);5H,3H2,1-2H3;3*1-2H3. The molecule has 6 N–H and O–H groups in total. The molecule has 3 aromatic carbocycles. The van der Waals surface area contributed by atoms with Crippen LogP contribution in [0.2, 0.25) is 0 Å². The molecule has 1 atom stereocenters. The molecule has 1 unspecified atom stereocenters. The average Bonchev–Trinajstić information content (AvgIpc) is 3.82. The Morgan fingerprint density at radius 2 is 1.07 bits per heavy atom. The van der Waals surface area contributed by atoms with E-state index in [0.29, 0.717) is 38.2 Å². The highest BCUT2D eigenvalue weighted by Gasteiger charge is 2.21. The number of carboxylic acids is 1. The number of carbonyl (C=O) groups is 4. The number of rotatable bonds is 11. The number of nitrogens with zero attached hydrogens (tertiary/aromatic N) is 2. The molecule has 0 aliphatic rings. The minimum absolute atomic E-state index is 0.245. The zero-order valence-electron chi connectivity index (χ0n) is 36.1. The van der Waals surface area contributed by atoms with Crippen LogP contribution in [0.4, 0.5) is 27.3 Å². The molecule has 0 saturated carbocycles. The van der Waals surface area contributed by atoms with Crippen molar-refractivity contribution < 1.29 is 33.8 Å². The fourth-order valence-corrected chi connectivity index (χ4v) is 5.71. The SMILES string of the molecule is CC.CC.CC.CCOC(=O)C(Cl)C(C)=O.CCOC(=O)c1sc(Nc2ccccc2)nc1C.Cc1nc(Nc2ccccc2)sc1C(=O)O.NC(=S)Nc1ccccc1. The van der Waals surface area contributed by atoms with E-state index in [9.17, 15) is 19.2 Å². The quantitative estimate of drug-likeness (QED) is 0.0363. The fraction of sp³-hybridized carbons (Fsp3) is 0.326. The highest BCUT2D eigenvalue weighted by atomic mass is 35.5. The van der Waals surface area contributed by atoms with E-state index in [1.165, 1.54) is 18.3 Å². The Kier molecular flexibility index (Phi) is 32.5. The minimum atomic E-state index is -1.14. The molecule has 0 fully saturated rings. The molecule has 5 rings (SSSR count). The highest BCUT2D eigenvalue weighted by Crippen LogP contribution is 2.27. The van der Waals surface area contributed by atoms with Gasteiger partial charge in [-0.3, -0.25) is 4.79 Å². The number of alkyl halides is 1. The second kappa shape index (κ2) is 34.4. The van der Waals surface area contributed by atoms with Gasteiger partial charge in [-0.2, -0.15) is 0 Å². The van der Waals surface area contributed by atoms with Crippen LogP contribution in [0.15, 0.2) is 91.0 Å². The number of aryl methyl sites for hydroxylation is 2. The summed E-state index contributed by atoms with van der Waals surface area (Å²) in [4.78, 5) is 52.8. The lowest BCUT2D eigenvalue weighted by Gasteiger charge is -2.03. The number of hydrogen-bond donors (Lipinski definition) is 5. The number of thiocarbonyl (C=S) groups is 1. The van der Waals surface area contributed by atoms with Crippen molar-refractivity contribution in [2.75, 3.05) is 29.2 Å². The number of Topliss-reactive ketones (excluding diaryl/α,β-unsaturated/α-hetero) is 1. The van der Waals surface area contributed by atoms with Crippen molar-refractivity contribution in [1.29, 1.82) is 0 Å². The lowest BCUT2D eigenvalue weighted by atomic mass is 10.3. The minimum Gasteiger partial charge on any atom is -0.477 e. The summed E-state index contributed by atoms with van der Waals surface area (Å²) >= 11 is 12.4. The van der Waals surface area contributed by atoms with Gasteiger partial charge in [-0.05, 0) is 83.2 Å². The van der Waals surface area contributed by atoms with E-state index in [-0.39, 0.29) is 23.2 Å². The van der Waals surface area contributed by atoms with Gasteiger partial charge in [0.15, 0.2) is 26.5 Å². The number of para-hydroxylation sites is 3. The summed E-state index contributed by atoms with van der Waals surface area (Å²) in [6.07, 6.45) is 0. The number of thiazole rings is 2. The first-order chi connectivity index (χ1) is 28.7. The van der Waals surface area contributed by atoms with Crippen LogP contribution in [-0.2, 0) is 19.1 Å². The number of ketones is 1. The predicted molar refractivity (Wildman–Crippen MR) is 254 cm³/mol. The molecular weight excluding hydrogens is 844 g/mol. The Hall–Kier alpha value is -5.42. The molecule has 5 aromatic rings. The van der Waals surface area contributed by atoms with Gasteiger partial charge in [0.25, 0.3) is 0 Å². The predicted octanol–water partition coefficient (Wildman–Crippen LogP) is 11.4. The van der Waals surface area contributed by atoms with Crippen molar-refractivity contribution in [3.8, 4) is 0 Å². The second-order valence-corrected chi connectivity index (χ2v) is 13.3. The van der Waals surface area contributed by atoms with Gasteiger partial charge in [0, 0.05) is 17.1 Å². The molecule has 2 heterocycles. The Labute approximate surface area is 373 Å². The summed E-state index contributed by atoms with van der Waals surface area (Å²) in [5.41, 5.74) is 9.24. The molecule has 17 heteroatoms. The van der Waals surface area contributed by atoms with E-state index < -0.39 is 17.3 Å². The molecule has 60 heavy (non-hydrogen) atoms. The maximum atomic E-state index is 11.7. The van der Waals surface area contributed by atoms with Gasteiger partial charge in [0.2, 0.25) is 0 Å². The number of carbonyl (C=O) groups excluding carboxylic acids is 3. The van der Waals surface area contributed by atoms with Gasteiger partial charge in [-0.15, -0.1) is 11.6 Å². The molecule has 2 aromatic heterocycles. The van der Waals surface area contributed by atoms with Gasteiger partial charge in [-0.1, -0.05) is 119 Å². The first-order valence-electron chi connectivity index (χ1n) is 19.2. The number of nitrogens with two attached hydrogens (primary N) is 1. The van der Waals surface area contributed by atoms with Crippen LogP contribution in [0.1, 0.15) is 93.0 Å². The number of hydrogen-bond acceptors (Lipinski definition) is 13. The Morgan fingerprint density at radius 3 is 1.40 bits per heavy atom. The highest BCUT2D eigenvalue weighted by molar-refractivity contribution is 7.80. The molecule has 0 spiro atoms. The number of aromatic nitrogens is 2. The van der Waals surface area contributed by atoms with Crippen molar-refractivity contribution in [2.24, 2.45) is 5.73 Å². The second-order valence-electron chi connectivity index (χ2n) is 10.5. The Balaban J connectivity index is 0. The van der Waals surface area contributed by atoms with Gasteiger partial charge in [-0.25, -0.2) is 24.4 Å². The Bertz CT molecular complexity index is 1950. The number of anilines is 5.